The molecule has 0 radical (unpaired) electrons. The molecule has 122 valence electrons. The highest BCUT2D eigenvalue weighted by Gasteiger charge is 2.26. The number of phenolic OH excluding ortho intramolecular Hbond substituents is 1. The molecule has 0 aromatic heterocycles. The fourth-order valence-corrected chi connectivity index (χ4v) is 3.14. The van der Waals surface area contributed by atoms with Crippen LogP contribution in [-0.2, 0) is 6.42 Å². The number of anilines is 1. The number of hydrogen-bond acceptors (Lipinski definition) is 4. The van der Waals surface area contributed by atoms with E-state index in [0.717, 1.165) is 42.3 Å². The topological polar surface area (TPSA) is 41.9 Å². The molecule has 4 nitrogen and oxygen atoms in total. The molecular weight excluding hydrogens is 290 g/mol. The first-order chi connectivity index (χ1) is 11.1. The van der Waals surface area contributed by atoms with Gasteiger partial charge in [0.15, 0.2) is 0 Å². The van der Waals surface area contributed by atoms with E-state index in [4.69, 9.17) is 9.47 Å². The lowest BCUT2D eigenvalue weighted by molar-refractivity contribution is 0.192. The predicted octanol–water partition coefficient (Wildman–Crippen LogP) is 3.54. The van der Waals surface area contributed by atoms with Gasteiger partial charge in [0.1, 0.15) is 23.4 Å². The van der Waals surface area contributed by atoms with Crippen LogP contribution in [0.1, 0.15) is 18.1 Å². The van der Waals surface area contributed by atoms with Gasteiger partial charge in [-0.25, -0.2) is 0 Å². The molecule has 3 rings (SSSR count). The SMILES string of the molecule is CCN1CC(Cc2cc(C)ccc2OC)Oc2cc(O)ccc21. The molecule has 1 atom stereocenters. The van der Waals surface area contributed by atoms with Gasteiger partial charge < -0.3 is 19.5 Å². The largest absolute Gasteiger partial charge is 0.508 e. The van der Waals surface area contributed by atoms with E-state index in [1.807, 2.05) is 12.1 Å². The van der Waals surface area contributed by atoms with Crippen molar-refractivity contribution in [1.82, 2.24) is 0 Å². The van der Waals surface area contributed by atoms with E-state index in [-0.39, 0.29) is 11.9 Å². The average molecular weight is 313 g/mol. The van der Waals surface area contributed by atoms with E-state index in [1.54, 1.807) is 19.2 Å². The minimum atomic E-state index is 0.0277. The summed E-state index contributed by atoms with van der Waals surface area (Å²) in [6, 6.07) is 11.5. The van der Waals surface area contributed by atoms with Crippen LogP contribution in [-0.4, -0.2) is 31.4 Å². The molecule has 1 aliphatic heterocycles. The van der Waals surface area contributed by atoms with E-state index in [1.165, 1.54) is 5.56 Å². The van der Waals surface area contributed by atoms with E-state index in [2.05, 4.69) is 30.9 Å². The van der Waals surface area contributed by atoms with E-state index in [9.17, 15) is 5.11 Å². The summed E-state index contributed by atoms with van der Waals surface area (Å²) >= 11 is 0. The molecule has 2 aromatic carbocycles. The monoisotopic (exact) mass is 313 g/mol. The lowest BCUT2D eigenvalue weighted by atomic mass is 10.0. The van der Waals surface area contributed by atoms with E-state index in [0.29, 0.717) is 0 Å². The Morgan fingerprint density at radius 2 is 2.09 bits per heavy atom. The van der Waals surface area contributed by atoms with E-state index < -0.39 is 0 Å². The van der Waals surface area contributed by atoms with Crippen molar-refractivity contribution in [1.29, 1.82) is 0 Å². The lowest BCUT2D eigenvalue weighted by Gasteiger charge is -2.36. The van der Waals surface area contributed by atoms with Gasteiger partial charge in [-0.2, -0.15) is 0 Å². The molecule has 0 saturated carbocycles. The molecule has 1 N–H and O–H groups in total. The number of aromatic hydroxyl groups is 1. The smallest absolute Gasteiger partial charge is 0.146 e. The van der Waals surface area contributed by atoms with Gasteiger partial charge in [0.25, 0.3) is 0 Å². The molecule has 1 aliphatic rings. The lowest BCUT2D eigenvalue weighted by Crippen LogP contribution is -2.41. The van der Waals surface area contributed by atoms with Crippen molar-refractivity contribution < 1.29 is 14.6 Å². The fourth-order valence-electron chi connectivity index (χ4n) is 3.14. The van der Waals surface area contributed by atoms with Crippen LogP contribution in [0.25, 0.3) is 0 Å². The molecule has 2 aromatic rings. The Hall–Kier alpha value is -2.36. The number of fused-ring (bicyclic) bond motifs is 1. The van der Waals surface area contributed by atoms with Gasteiger partial charge in [0.05, 0.1) is 19.3 Å². The Balaban J connectivity index is 1.86. The van der Waals surface area contributed by atoms with Gasteiger partial charge in [0, 0.05) is 19.0 Å². The zero-order chi connectivity index (χ0) is 16.4. The Kier molecular flexibility index (Phi) is 4.33. The molecule has 1 heterocycles. The van der Waals surface area contributed by atoms with Crippen LogP contribution in [0.3, 0.4) is 0 Å². The number of rotatable bonds is 4. The standard InChI is InChI=1S/C19H23NO3/c1-4-20-12-16(23-19-11-15(21)6-7-17(19)20)10-14-9-13(2)5-8-18(14)22-3/h5-9,11,16,21H,4,10,12H2,1-3H3. The normalized spacial score (nSPS) is 16.7. The summed E-state index contributed by atoms with van der Waals surface area (Å²) in [7, 11) is 1.70. The maximum Gasteiger partial charge on any atom is 0.146 e. The summed E-state index contributed by atoms with van der Waals surface area (Å²) in [4.78, 5) is 2.28. The number of ether oxygens (including phenoxy) is 2. The summed E-state index contributed by atoms with van der Waals surface area (Å²) in [5.74, 6) is 1.87. The molecule has 4 heteroatoms. The first-order valence-electron chi connectivity index (χ1n) is 7.99. The van der Waals surface area contributed by atoms with Gasteiger partial charge in [0.2, 0.25) is 0 Å². The number of aryl methyl sites for hydroxylation is 1. The third-order valence-corrected chi connectivity index (χ3v) is 4.27. The average Bonchev–Trinajstić information content (AvgIpc) is 2.54. The highest BCUT2D eigenvalue weighted by atomic mass is 16.5. The number of hydrogen-bond donors (Lipinski definition) is 1. The second-order valence-corrected chi connectivity index (χ2v) is 5.95. The highest BCUT2D eigenvalue weighted by molar-refractivity contribution is 5.62. The second kappa shape index (κ2) is 6.41. The minimum absolute atomic E-state index is 0.0277. The quantitative estimate of drug-likeness (QED) is 0.937. The molecule has 0 fully saturated rings. The van der Waals surface area contributed by atoms with Crippen LogP contribution >= 0.6 is 0 Å². The van der Waals surface area contributed by atoms with Crippen LogP contribution in [0.4, 0.5) is 5.69 Å². The van der Waals surface area contributed by atoms with Crippen molar-refractivity contribution in [2.75, 3.05) is 25.1 Å². The molecular formula is C19H23NO3. The fraction of sp³-hybridized carbons (Fsp3) is 0.368. The van der Waals surface area contributed by atoms with Crippen LogP contribution in [0.15, 0.2) is 36.4 Å². The Labute approximate surface area is 137 Å². The summed E-state index contributed by atoms with van der Waals surface area (Å²) in [5.41, 5.74) is 3.40. The maximum absolute atomic E-state index is 9.72. The first-order valence-corrected chi connectivity index (χ1v) is 7.99. The molecule has 23 heavy (non-hydrogen) atoms. The molecule has 0 bridgehead atoms. The van der Waals surface area contributed by atoms with Crippen LogP contribution < -0.4 is 14.4 Å². The minimum Gasteiger partial charge on any atom is -0.508 e. The van der Waals surface area contributed by atoms with E-state index >= 15 is 0 Å². The van der Waals surface area contributed by atoms with Gasteiger partial charge >= 0.3 is 0 Å². The van der Waals surface area contributed by atoms with Crippen LogP contribution in [0, 0.1) is 6.92 Å². The summed E-state index contributed by atoms with van der Waals surface area (Å²) in [6.07, 6.45) is 0.802. The van der Waals surface area contributed by atoms with Gasteiger partial charge in [-0.15, -0.1) is 0 Å². The maximum atomic E-state index is 9.72. The Morgan fingerprint density at radius 3 is 2.83 bits per heavy atom. The van der Waals surface area contributed by atoms with Crippen molar-refractivity contribution in [3.63, 3.8) is 0 Å². The number of methoxy groups -OCH3 is 1. The second-order valence-electron chi connectivity index (χ2n) is 5.95. The zero-order valence-electron chi connectivity index (χ0n) is 13.9. The third kappa shape index (κ3) is 3.21. The summed E-state index contributed by atoms with van der Waals surface area (Å²) in [5, 5.41) is 9.72. The van der Waals surface area contributed by atoms with Crippen molar-refractivity contribution >= 4 is 5.69 Å². The number of phenols is 1. The van der Waals surface area contributed by atoms with Crippen molar-refractivity contribution in [3.8, 4) is 17.2 Å². The van der Waals surface area contributed by atoms with Crippen molar-refractivity contribution in [2.24, 2.45) is 0 Å². The van der Waals surface area contributed by atoms with Gasteiger partial charge in [-0.1, -0.05) is 17.7 Å². The summed E-state index contributed by atoms with van der Waals surface area (Å²) in [6.45, 7) is 5.94. The molecule has 0 amide bonds. The number of likely N-dealkylation sites (N-methyl/N-ethyl adjacent to an activating group) is 1. The third-order valence-electron chi connectivity index (χ3n) is 4.27. The molecule has 1 unspecified atom stereocenters. The number of nitrogens with zero attached hydrogens (tertiary/aromatic N) is 1. The van der Waals surface area contributed by atoms with Crippen LogP contribution in [0.2, 0.25) is 0 Å². The van der Waals surface area contributed by atoms with Crippen LogP contribution in [0.5, 0.6) is 17.2 Å². The Bertz CT molecular complexity index is 699. The van der Waals surface area contributed by atoms with Crippen molar-refractivity contribution in [3.05, 3.63) is 47.5 Å². The first kappa shape index (κ1) is 15.5. The molecule has 0 spiro atoms. The molecule has 0 aliphatic carbocycles. The van der Waals surface area contributed by atoms with Gasteiger partial charge in [-0.05, 0) is 37.6 Å². The number of benzene rings is 2. The van der Waals surface area contributed by atoms with Gasteiger partial charge in [-0.3, -0.25) is 0 Å². The summed E-state index contributed by atoms with van der Waals surface area (Å²) < 4.78 is 11.6. The molecule has 0 saturated heterocycles. The highest BCUT2D eigenvalue weighted by Crippen LogP contribution is 2.37. The van der Waals surface area contributed by atoms with Crippen molar-refractivity contribution in [2.45, 2.75) is 26.4 Å². The zero-order valence-corrected chi connectivity index (χ0v) is 13.9. The Morgan fingerprint density at radius 1 is 1.26 bits per heavy atom. The predicted molar refractivity (Wildman–Crippen MR) is 91.8 cm³/mol.